The third kappa shape index (κ3) is 5.96. The number of hydrogen-bond donors (Lipinski definition) is 1. The number of methoxy groups -OCH3 is 1. The van der Waals surface area contributed by atoms with Gasteiger partial charge in [0.25, 0.3) is 0 Å². The summed E-state index contributed by atoms with van der Waals surface area (Å²) in [5.74, 6) is 0.204. The largest absolute Gasteiger partial charge is 0.383 e. The van der Waals surface area contributed by atoms with Crippen LogP contribution in [-0.2, 0) is 16.1 Å². The van der Waals surface area contributed by atoms with Gasteiger partial charge in [-0.1, -0.05) is 36.2 Å². The van der Waals surface area contributed by atoms with Gasteiger partial charge in [0, 0.05) is 37.2 Å². The van der Waals surface area contributed by atoms with E-state index in [0.29, 0.717) is 24.7 Å². The van der Waals surface area contributed by atoms with Crippen molar-refractivity contribution in [1.29, 1.82) is 0 Å². The van der Waals surface area contributed by atoms with Crippen LogP contribution in [0.1, 0.15) is 31.2 Å². The van der Waals surface area contributed by atoms with Gasteiger partial charge in [-0.3, -0.25) is 4.79 Å². The molecule has 1 fully saturated rings. The van der Waals surface area contributed by atoms with Crippen molar-refractivity contribution in [2.75, 3.05) is 20.3 Å². The molecule has 1 aromatic carbocycles. The highest BCUT2D eigenvalue weighted by atomic mass is 35.5. The van der Waals surface area contributed by atoms with Crippen LogP contribution in [-0.4, -0.2) is 37.1 Å². The maximum Gasteiger partial charge on any atom is 0.226 e. The van der Waals surface area contributed by atoms with Crippen LogP contribution in [0, 0.1) is 5.92 Å². The standard InChI is InChI=1S/C17H25ClN2O2.ClH/c1-22-10-9-20(12-14-5-2-3-8-16(14)18)17(21)13-6-4-7-15(19)11-13;/h2-3,5,8,13,15H,4,6-7,9-12,19H2,1H3;1H/t13-,15+;/m1./s1. The average molecular weight is 361 g/mol. The van der Waals surface area contributed by atoms with Gasteiger partial charge < -0.3 is 15.4 Å². The number of nitrogens with zero attached hydrogens (tertiary/aromatic N) is 1. The molecule has 1 saturated carbocycles. The van der Waals surface area contributed by atoms with E-state index in [1.165, 1.54) is 0 Å². The van der Waals surface area contributed by atoms with Gasteiger partial charge in [-0.25, -0.2) is 0 Å². The predicted molar refractivity (Wildman–Crippen MR) is 95.9 cm³/mol. The smallest absolute Gasteiger partial charge is 0.226 e. The van der Waals surface area contributed by atoms with Gasteiger partial charge >= 0.3 is 0 Å². The van der Waals surface area contributed by atoms with Crippen LogP contribution in [0.4, 0.5) is 0 Å². The van der Waals surface area contributed by atoms with E-state index in [4.69, 9.17) is 22.1 Å². The van der Waals surface area contributed by atoms with Crippen LogP contribution < -0.4 is 5.73 Å². The Kier molecular flexibility index (Phi) is 8.92. The minimum absolute atomic E-state index is 0. The van der Waals surface area contributed by atoms with Gasteiger partial charge in [-0.05, 0) is 30.9 Å². The van der Waals surface area contributed by atoms with Crippen molar-refractivity contribution in [1.82, 2.24) is 4.90 Å². The zero-order chi connectivity index (χ0) is 15.9. The number of nitrogens with two attached hydrogens (primary N) is 1. The monoisotopic (exact) mass is 360 g/mol. The first-order valence-electron chi connectivity index (χ1n) is 7.88. The fourth-order valence-electron chi connectivity index (χ4n) is 3.01. The molecule has 23 heavy (non-hydrogen) atoms. The van der Waals surface area contributed by atoms with Crippen LogP contribution in [0.25, 0.3) is 0 Å². The van der Waals surface area contributed by atoms with Gasteiger partial charge in [0.05, 0.1) is 6.61 Å². The molecule has 6 heteroatoms. The van der Waals surface area contributed by atoms with E-state index >= 15 is 0 Å². The molecule has 2 rings (SSSR count). The highest BCUT2D eigenvalue weighted by Crippen LogP contribution is 2.26. The van der Waals surface area contributed by atoms with Gasteiger partial charge in [-0.15, -0.1) is 12.4 Å². The molecule has 0 aliphatic heterocycles. The highest BCUT2D eigenvalue weighted by Gasteiger charge is 2.29. The van der Waals surface area contributed by atoms with Crippen molar-refractivity contribution < 1.29 is 9.53 Å². The topological polar surface area (TPSA) is 55.6 Å². The van der Waals surface area contributed by atoms with Gasteiger partial charge in [0.15, 0.2) is 0 Å². The number of carbonyl (C=O) groups is 1. The number of amides is 1. The summed E-state index contributed by atoms with van der Waals surface area (Å²) in [5, 5.41) is 0.693. The molecule has 0 unspecified atom stereocenters. The molecular weight excluding hydrogens is 335 g/mol. The van der Waals surface area contributed by atoms with Crippen LogP contribution in [0.5, 0.6) is 0 Å². The Labute approximate surface area is 149 Å². The van der Waals surface area contributed by atoms with Crippen LogP contribution in [0.15, 0.2) is 24.3 Å². The van der Waals surface area contributed by atoms with E-state index in [1.54, 1.807) is 7.11 Å². The Morgan fingerprint density at radius 3 is 2.78 bits per heavy atom. The molecule has 0 aromatic heterocycles. The minimum atomic E-state index is 0. The zero-order valence-corrected chi connectivity index (χ0v) is 15.1. The lowest BCUT2D eigenvalue weighted by Gasteiger charge is -2.31. The van der Waals surface area contributed by atoms with Gasteiger partial charge in [0.1, 0.15) is 0 Å². The quantitative estimate of drug-likeness (QED) is 0.846. The van der Waals surface area contributed by atoms with Crippen LogP contribution >= 0.6 is 24.0 Å². The van der Waals surface area contributed by atoms with Crippen molar-refractivity contribution in [3.05, 3.63) is 34.9 Å². The van der Waals surface area contributed by atoms with E-state index < -0.39 is 0 Å². The lowest BCUT2D eigenvalue weighted by atomic mass is 9.85. The van der Waals surface area contributed by atoms with E-state index in [-0.39, 0.29) is 30.3 Å². The SMILES string of the molecule is COCCN(Cc1ccccc1Cl)C(=O)[C@@H]1CCC[C@H](N)C1.Cl. The summed E-state index contributed by atoms with van der Waals surface area (Å²) >= 11 is 6.23. The fourth-order valence-corrected chi connectivity index (χ4v) is 3.21. The van der Waals surface area contributed by atoms with Gasteiger partial charge in [0.2, 0.25) is 5.91 Å². The molecule has 130 valence electrons. The van der Waals surface area contributed by atoms with Crippen LogP contribution in [0.3, 0.4) is 0 Å². The van der Waals surface area contributed by atoms with Crippen LogP contribution in [0.2, 0.25) is 5.02 Å². The number of rotatable bonds is 6. The molecular formula is C17H26Cl2N2O2. The van der Waals surface area contributed by atoms with E-state index in [9.17, 15) is 4.79 Å². The lowest BCUT2D eigenvalue weighted by Crippen LogP contribution is -2.41. The molecule has 0 heterocycles. The molecule has 4 nitrogen and oxygen atoms in total. The summed E-state index contributed by atoms with van der Waals surface area (Å²) in [6.45, 7) is 1.62. The first kappa shape index (κ1) is 20.2. The first-order valence-corrected chi connectivity index (χ1v) is 8.26. The summed E-state index contributed by atoms with van der Waals surface area (Å²) in [4.78, 5) is 14.7. The Bertz CT molecular complexity index is 499. The summed E-state index contributed by atoms with van der Waals surface area (Å²) in [5.41, 5.74) is 6.99. The number of halogens is 2. The molecule has 2 atom stereocenters. The number of hydrogen-bond acceptors (Lipinski definition) is 3. The molecule has 1 aliphatic rings. The maximum atomic E-state index is 12.8. The Balaban J connectivity index is 0.00000264. The van der Waals surface area contributed by atoms with Gasteiger partial charge in [-0.2, -0.15) is 0 Å². The third-order valence-electron chi connectivity index (χ3n) is 4.26. The second kappa shape index (κ2) is 10.1. The molecule has 1 aromatic rings. The summed E-state index contributed by atoms with van der Waals surface area (Å²) < 4.78 is 5.15. The molecule has 2 N–H and O–H groups in total. The summed E-state index contributed by atoms with van der Waals surface area (Å²) in [7, 11) is 1.65. The Hall–Kier alpha value is -0.810. The zero-order valence-electron chi connectivity index (χ0n) is 13.5. The first-order chi connectivity index (χ1) is 10.6. The maximum absolute atomic E-state index is 12.8. The molecule has 0 spiro atoms. The second-order valence-corrected chi connectivity index (χ2v) is 6.37. The Morgan fingerprint density at radius 2 is 2.13 bits per heavy atom. The second-order valence-electron chi connectivity index (χ2n) is 5.97. The van der Waals surface area contributed by atoms with Crippen molar-refractivity contribution >= 4 is 29.9 Å². The lowest BCUT2D eigenvalue weighted by molar-refractivity contribution is -0.138. The number of ether oxygens (including phenoxy) is 1. The molecule has 1 amide bonds. The third-order valence-corrected chi connectivity index (χ3v) is 4.63. The summed E-state index contributed by atoms with van der Waals surface area (Å²) in [6, 6.07) is 7.80. The van der Waals surface area contributed by atoms with Crippen molar-refractivity contribution in [3.8, 4) is 0 Å². The highest BCUT2D eigenvalue weighted by molar-refractivity contribution is 6.31. The fraction of sp³-hybridized carbons (Fsp3) is 0.588. The Morgan fingerprint density at radius 1 is 1.39 bits per heavy atom. The minimum Gasteiger partial charge on any atom is -0.383 e. The molecule has 1 aliphatic carbocycles. The van der Waals surface area contributed by atoms with Crippen molar-refractivity contribution in [3.63, 3.8) is 0 Å². The summed E-state index contributed by atoms with van der Waals surface area (Å²) in [6.07, 6.45) is 3.76. The number of benzene rings is 1. The normalized spacial score (nSPS) is 20.7. The predicted octanol–water partition coefficient (Wildman–Crippen LogP) is 3.25. The van der Waals surface area contributed by atoms with E-state index in [0.717, 1.165) is 31.2 Å². The van der Waals surface area contributed by atoms with Crippen molar-refractivity contribution in [2.24, 2.45) is 11.7 Å². The molecule has 0 bridgehead atoms. The average Bonchev–Trinajstić information content (AvgIpc) is 2.52. The van der Waals surface area contributed by atoms with Crippen molar-refractivity contribution in [2.45, 2.75) is 38.3 Å². The van der Waals surface area contributed by atoms with E-state index in [1.807, 2.05) is 29.2 Å². The van der Waals surface area contributed by atoms with E-state index in [2.05, 4.69) is 0 Å². The number of carbonyl (C=O) groups excluding carboxylic acids is 1. The molecule has 0 radical (unpaired) electrons. The molecule has 0 saturated heterocycles.